The van der Waals surface area contributed by atoms with Crippen molar-refractivity contribution in [2.24, 2.45) is 11.5 Å². The number of nitrogen functional groups attached to an aromatic ring is 2. The molecule has 0 saturated heterocycles. The van der Waals surface area contributed by atoms with Gasteiger partial charge in [-0.2, -0.15) is 0 Å². The summed E-state index contributed by atoms with van der Waals surface area (Å²) >= 11 is 0. The molecule has 0 amide bonds. The summed E-state index contributed by atoms with van der Waals surface area (Å²) in [5, 5.41) is 0. The lowest BCUT2D eigenvalue weighted by Crippen LogP contribution is -2.46. The van der Waals surface area contributed by atoms with Gasteiger partial charge in [-0.05, 0) is 5.56 Å². The van der Waals surface area contributed by atoms with Gasteiger partial charge in [0.15, 0.2) is 0 Å². The number of benzene rings is 1. The molecule has 0 radical (unpaired) electrons. The van der Waals surface area contributed by atoms with Crippen LogP contribution in [0.5, 0.6) is 0 Å². The molecule has 0 spiro atoms. The fourth-order valence-electron chi connectivity index (χ4n) is 2.13. The minimum atomic E-state index is -1.78. The monoisotopic (exact) mass is 246 g/mol. The van der Waals surface area contributed by atoms with Crippen molar-refractivity contribution in [2.75, 3.05) is 11.5 Å². The molecule has 8 N–H and O–H groups in total. The normalized spacial score (nSPS) is 16.0. The van der Waals surface area contributed by atoms with Crippen molar-refractivity contribution in [2.45, 2.75) is 5.85 Å². The van der Waals surface area contributed by atoms with Crippen LogP contribution in [0, 0.1) is 0 Å². The van der Waals surface area contributed by atoms with Crippen LogP contribution in [-0.4, -0.2) is 5.97 Å². The second-order valence-corrected chi connectivity index (χ2v) is 4.00. The fraction of sp³-hybridized carbons (Fsp3) is 0.0833. The van der Waals surface area contributed by atoms with Crippen LogP contribution in [0.2, 0.25) is 0 Å². The zero-order valence-electron chi connectivity index (χ0n) is 9.69. The summed E-state index contributed by atoms with van der Waals surface area (Å²) in [6, 6.07) is 0. The van der Waals surface area contributed by atoms with E-state index in [1.807, 2.05) is 0 Å². The number of fused-ring (bicyclic) bond motifs is 1. The van der Waals surface area contributed by atoms with Gasteiger partial charge in [0.25, 0.3) is 0 Å². The van der Waals surface area contributed by atoms with Crippen molar-refractivity contribution in [3.05, 3.63) is 35.4 Å². The smallest absolute Gasteiger partial charge is 0.342 e. The second-order valence-electron chi connectivity index (χ2n) is 4.00. The Labute approximate surface area is 104 Å². The van der Waals surface area contributed by atoms with Crippen LogP contribution in [0.4, 0.5) is 11.4 Å². The van der Waals surface area contributed by atoms with E-state index < -0.39 is 11.8 Å². The maximum atomic E-state index is 11.8. The summed E-state index contributed by atoms with van der Waals surface area (Å²) in [4.78, 5) is 11.8. The number of nitrogens with two attached hydrogens (primary N) is 4. The predicted molar refractivity (Wildman–Crippen MR) is 70.9 cm³/mol. The SMILES string of the molecule is C=Cc1c(N)c(N)c2c(c1C=C)C(=O)OC2(N)N. The van der Waals surface area contributed by atoms with Crippen LogP contribution in [0.25, 0.3) is 12.2 Å². The minimum Gasteiger partial charge on any atom is -0.422 e. The molecule has 0 saturated carbocycles. The summed E-state index contributed by atoms with van der Waals surface area (Å²) < 4.78 is 4.90. The highest BCUT2D eigenvalue weighted by Gasteiger charge is 2.44. The number of anilines is 2. The van der Waals surface area contributed by atoms with Crippen LogP contribution in [0.15, 0.2) is 13.2 Å². The maximum Gasteiger partial charge on any atom is 0.342 e. The number of rotatable bonds is 2. The van der Waals surface area contributed by atoms with Gasteiger partial charge >= 0.3 is 5.97 Å². The zero-order chi connectivity index (χ0) is 13.7. The molecule has 0 atom stereocenters. The van der Waals surface area contributed by atoms with E-state index >= 15 is 0 Å². The number of carbonyl (C=O) groups excluding carboxylic acids is 1. The van der Waals surface area contributed by atoms with E-state index in [1.165, 1.54) is 12.2 Å². The Morgan fingerprint density at radius 3 is 2.11 bits per heavy atom. The van der Waals surface area contributed by atoms with E-state index in [0.717, 1.165) is 0 Å². The van der Waals surface area contributed by atoms with Crippen molar-refractivity contribution in [1.82, 2.24) is 0 Å². The first kappa shape index (κ1) is 12.2. The topological polar surface area (TPSA) is 130 Å². The standard InChI is InChI=1S/C12H14N4O2/c1-3-5-6(4-2)9(13)10(14)8-7(5)11(17)18-12(8,15)16/h3-4H,1-2,13-16H2. The molecule has 1 aliphatic heterocycles. The molecular formula is C12H14N4O2. The number of ether oxygens (including phenoxy) is 1. The van der Waals surface area contributed by atoms with Gasteiger partial charge in [0.05, 0.1) is 22.5 Å². The third-order valence-corrected chi connectivity index (χ3v) is 2.92. The largest absolute Gasteiger partial charge is 0.422 e. The van der Waals surface area contributed by atoms with Crippen LogP contribution in [-0.2, 0) is 10.6 Å². The molecule has 0 aliphatic carbocycles. The third-order valence-electron chi connectivity index (χ3n) is 2.92. The van der Waals surface area contributed by atoms with Gasteiger partial charge in [0.2, 0.25) is 5.85 Å². The molecule has 6 nitrogen and oxygen atoms in total. The molecule has 0 bridgehead atoms. The summed E-state index contributed by atoms with van der Waals surface area (Å²) in [6.45, 7) is 7.27. The lowest BCUT2D eigenvalue weighted by molar-refractivity contribution is -0.00172. The van der Waals surface area contributed by atoms with Crippen molar-refractivity contribution >= 4 is 29.5 Å². The Kier molecular flexibility index (Phi) is 2.42. The van der Waals surface area contributed by atoms with Crippen molar-refractivity contribution in [3.63, 3.8) is 0 Å². The minimum absolute atomic E-state index is 0.126. The molecule has 1 aliphatic rings. The van der Waals surface area contributed by atoms with Crippen LogP contribution in [0.1, 0.15) is 27.0 Å². The van der Waals surface area contributed by atoms with Crippen LogP contribution >= 0.6 is 0 Å². The molecule has 1 heterocycles. The van der Waals surface area contributed by atoms with Gasteiger partial charge in [-0.15, -0.1) is 0 Å². The quantitative estimate of drug-likeness (QED) is 0.338. The molecule has 0 fully saturated rings. The average molecular weight is 246 g/mol. The highest BCUT2D eigenvalue weighted by Crippen LogP contribution is 2.42. The first-order valence-electron chi connectivity index (χ1n) is 5.16. The second kappa shape index (κ2) is 3.59. The van der Waals surface area contributed by atoms with E-state index in [4.69, 9.17) is 27.7 Å². The lowest BCUT2D eigenvalue weighted by Gasteiger charge is -2.20. The van der Waals surface area contributed by atoms with E-state index in [9.17, 15) is 4.79 Å². The highest BCUT2D eigenvalue weighted by atomic mass is 16.6. The first-order valence-corrected chi connectivity index (χ1v) is 5.16. The van der Waals surface area contributed by atoms with Gasteiger partial charge in [-0.25, -0.2) is 4.79 Å². The summed E-state index contributed by atoms with van der Waals surface area (Å²) in [6.07, 6.45) is 2.96. The van der Waals surface area contributed by atoms with Gasteiger partial charge < -0.3 is 16.2 Å². The van der Waals surface area contributed by atoms with Gasteiger partial charge in [-0.3, -0.25) is 11.5 Å². The molecular weight excluding hydrogens is 232 g/mol. The van der Waals surface area contributed by atoms with E-state index in [0.29, 0.717) is 11.1 Å². The zero-order valence-corrected chi connectivity index (χ0v) is 9.69. The van der Waals surface area contributed by atoms with Crippen molar-refractivity contribution < 1.29 is 9.53 Å². The molecule has 0 aromatic heterocycles. The lowest BCUT2D eigenvalue weighted by atomic mass is 9.91. The summed E-state index contributed by atoms with van der Waals surface area (Å²) in [7, 11) is 0. The number of hydrogen-bond acceptors (Lipinski definition) is 6. The van der Waals surface area contributed by atoms with Gasteiger partial charge in [-0.1, -0.05) is 25.3 Å². The molecule has 2 rings (SSSR count). The molecule has 1 aromatic rings. The Hall–Kier alpha value is -2.31. The first-order chi connectivity index (χ1) is 8.35. The van der Waals surface area contributed by atoms with E-state index in [2.05, 4.69) is 13.2 Å². The van der Waals surface area contributed by atoms with E-state index in [1.54, 1.807) is 0 Å². The van der Waals surface area contributed by atoms with Crippen LogP contribution in [0.3, 0.4) is 0 Å². The third kappa shape index (κ3) is 1.33. The number of hydrogen-bond donors (Lipinski definition) is 4. The molecule has 18 heavy (non-hydrogen) atoms. The molecule has 6 heteroatoms. The Bertz CT molecular complexity index is 590. The summed E-state index contributed by atoms with van der Waals surface area (Å²) in [5.41, 5.74) is 24.9. The van der Waals surface area contributed by atoms with Crippen LogP contribution < -0.4 is 22.9 Å². The number of cyclic esters (lactones) is 1. The molecule has 0 unspecified atom stereocenters. The van der Waals surface area contributed by atoms with Crippen molar-refractivity contribution in [3.8, 4) is 0 Å². The highest BCUT2D eigenvalue weighted by molar-refractivity contribution is 6.04. The van der Waals surface area contributed by atoms with E-state index in [-0.39, 0.29) is 22.5 Å². The van der Waals surface area contributed by atoms with Gasteiger partial charge in [0.1, 0.15) is 0 Å². The Morgan fingerprint density at radius 1 is 1.06 bits per heavy atom. The Balaban J connectivity index is 2.99. The predicted octanol–water partition coefficient (Wildman–Crippen LogP) is 0.335. The molecule has 1 aromatic carbocycles. The summed E-state index contributed by atoms with van der Waals surface area (Å²) in [5.74, 6) is -2.43. The Morgan fingerprint density at radius 2 is 1.61 bits per heavy atom. The number of esters is 1. The van der Waals surface area contributed by atoms with Crippen molar-refractivity contribution in [1.29, 1.82) is 0 Å². The average Bonchev–Trinajstić information content (AvgIpc) is 2.53. The maximum absolute atomic E-state index is 11.8. The molecule has 94 valence electrons. The number of carbonyl (C=O) groups is 1. The van der Waals surface area contributed by atoms with Gasteiger partial charge in [0, 0.05) is 5.56 Å². The fourth-order valence-corrected chi connectivity index (χ4v) is 2.13.